The van der Waals surface area contributed by atoms with Crippen LogP contribution in [0.25, 0.3) is 0 Å². The first kappa shape index (κ1) is 21.9. The van der Waals surface area contributed by atoms with Crippen molar-refractivity contribution in [1.82, 2.24) is 0 Å². The fourth-order valence-corrected chi connectivity index (χ4v) is 2.49. The molecular formula is C19H32N4O3. The number of nitrogen functional groups attached to an aromatic ring is 1. The normalized spacial score (nSPS) is 11.8. The van der Waals surface area contributed by atoms with Crippen molar-refractivity contribution >= 4 is 23.3 Å². The molecule has 1 aromatic rings. The van der Waals surface area contributed by atoms with Crippen LogP contribution in [0, 0.1) is 0 Å². The van der Waals surface area contributed by atoms with Crippen molar-refractivity contribution in [3.8, 4) is 0 Å². The van der Waals surface area contributed by atoms with Crippen LogP contribution in [0.2, 0.25) is 0 Å². The van der Waals surface area contributed by atoms with Crippen LogP contribution in [0.1, 0.15) is 57.4 Å². The van der Waals surface area contributed by atoms with Gasteiger partial charge in [0.2, 0.25) is 5.91 Å². The Morgan fingerprint density at radius 3 is 2.65 bits per heavy atom. The lowest BCUT2D eigenvalue weighted by molar-refractivity contribution is -0.145. The Morgan fingerprint density at radius 2 is 1.96 bits per heavy atom. The number of rotatable bonds is 12. The average molecular weight is 364 g/mol. The molecule has 0 spiro atoms. The fourth-order valence-electron chi connectivity index (χ4n) is 2.49. The van der Waals surface area contributed by atoms with Crippen molar-refractivity contribution < 1.29 is 14.3 Å². The summed E-state index contributed by atoms with van der Waals surface area (Å²) >= 11 is 0. The number of unbranched alkanes of at least 4 members (excludes halogenated alkanes) is 3. The number of ether oxygens (including phenoxy) is 1. The van der Waals surface area contributed by atoms with E-state index >= 15 is 0 Å². The highest BCUT2D eigenvalue weighted by molar-refractivity contribution is 5.96. The van der Waals surface area contributed by atoms with Gasteiger partial charge in [0.25, 0.3) is 0 Å². The zero-order valence-corrected chi connectivity index (χ0v) is 15.6. The van der Waals surface area contributed by atoms with E-state index in [1.54, 1.807) is 18.2 Å². The van der Waals surface area contributed by atoms with Gasteiger partial charge in [-0.2, -0.15) is 0 Å². The number of carbonyl (C=O) groups is 2. The maximum Gasteiger partial charge on any atom is 0.306 e. The van der Waals surface area contributed by atoms with E-state index in [2.05, 4.69) is 12.2 Å². The molecule has 0 bridgehead atoms. The molecule has 0 heterocycles. The molecule has 7 N–H and O–H groups in total. The summed E-state index contributed by atoms with van der Waals surface area (Å²) in [4.78, 5) is 24.1. The molecule has 0 aliphatic carbocycles. The third-order valence-electron chi connectivity index (χ3n) is 4.14. The van der Waals surface area contributed by atoms with Crippen LogP contribution in [0.3, 0.4) is 0 Å². The van der Waals surface area contributed by atoms with Crippen molar-refractivity contribution in [3.63, 3.8) is 0 Å². The monoisotopic (exact) mass is 364 g/mol. The molecule has 26 heavy (non-hydrogen) atoms. The molecule has 0 saturated heterocycles. The number of nitrogens with one attached hydrogen (secondary N) is 1. The summed E-state index contributed by atoms with van der Waals surface area (Å²) in [6.45, 7) is 2.68. The molecular weight excluding hydrogens is 332 g/mol. The third kappa shape index (κ3) is 7.84. The number of esters is 1. The molecule has 1 amide bonds. The van der Waals surface area contributed by atoms with E-state index in [9.17, 15) is 9.59 Å². The number of anilines is 2. The van der Waals surface area contributed by atoms with Crippen LogP contribution >= 0.6 is 0 Å². The summed E-state index contributed by atoms with van der Waals surface area (Å²) in [7, 11) is 0. The van der Waals surface area contributed by atoms with E-state index in [4.69, 9.17) is 21.9 Å². The van der Waals surface area contributed by atoms with E-state index in [1.165, 1.54) is 0 Å². The molecule has 0 aliphatic rings. The number of amides is 1. The van der Waals surface area contributed by atoms with Crippen molar-refractivity contribution in [2.24, 2.45) is 11.5 Å². The minimum absolute atomic E-state index is 0.0235. The van der Waals surface area contributed by atoms with Crippen LogP contribution < -0.4 is 22.5 Å². The second-order valence-electron chi connectivity index (χ2n) is 6.37. The number of carbonyl (C=O) groups excluding carboxylic acids is 2. The number of nitrogens with two attached hydrogens (primary N) is 3. The van der Waals surface area contributed by atoms with Gasteiger partial charge in [0.15, 0.2) is 0 Å². The molecule has 1 atom stereocenters. The van der Waals surface area contributed by atoms with Crippen molar-refractivity contribution in [3.05, 3.63) is 23.8 Å². The molecule has 0 fully saturated rings. The second kappa shape index (κ2) is 12.3. The predicted molar refractivity (Wildman–Crippen MR) is 104 cm³/mol. The van der Waals surface area contributed by atoms with E-state index in [-0.39, 0.29) is 18.5 Å². The van der Waals surface area contributed by atoms with Gasteiger partial charge in [-0.15, -0.1) is 0 Å². The predicted octanol–water partition coefficient (Wildman–Crippen LogP) is 2.29. The van der Waals surface area contributed by atoms with Gasteiger partial charge in [0, 0.05) is 23.4 Å². The highest BCUT2D eigenvalue weighted by Crippen LogP contribution is 2.23. The zero-order valence-electron chi connectivity index (χ0n) is 15.6. The summed E-state index contributed by atoms with van der Waals surface area (Å²) in [5.74, 6) is -0.555. The molecule has 1 unspecified atom stereocenters. The van der Waals surface area contributed by atoms with Crippen molar-refractivity contribution in [2.45, 2.75) is 64.5 Å². The van der Waals surface area contributed by atoms with Crippen LogP contribution in [-0.2, 0) is 20.9 Å². The van der Waals surface area contributed by atoms with Crippen LogP contribution in [0.4, 0.5) is 11.4 Å². The Bertz CT molecular complexity index is 578. The first-order chi connectivity index (χ1) is 12.5. The van der Waals surface area contributed by atoms with E-state index in [1.807, 2.05) is 0 Å². The first-order valence-electron chi connectivity index (χ1n) is 9.29. The topological polar surface area (TPSA) is 133 Å². The van der Waals surface area contributed by atoms with Gasteiger partial charge in [-0.1, -0.05) is 32.3 Å². The van der Waals surface area contributed by atoms with Gasteiger partial charge in [-0.25, -0.2) is 0 Å². The van der Waals surface area contributed by atoms with E-state index < -0.39 is 6.04 Å². The van der Waals surface area contributed by atoms with Gasteiger partial charge in [-0.3, -0.25) is 9.59 Å². The largest absolute Gasteiger partial charge is 0.461 e. The Balaban J connectivity index is 2.65. The molecule has 0 radical (unpaired) electrons. The van der Waals surface area contributed by atoms with Gasteiger partial charge in [0.1, 0.15) is 6.61 Å². The number of hydrogen-bond acceptors (Lipinski definition) is 6. The first-order valence-corrected chi connectivity index (χ1v) is 9.29. The summed E-state index contributed by atoms with van der Waals surface area (Å²) in [5.41, 5.74) is 18.9. The quantitative estimate of drug-likeness (QED) is 0.255. The molecule has 7 nitrogen and oxygen atoms in total. The number of benzene rings is 1. The fraction of sp³-hybridized carbons (Fsp3) is 0.579. The second-order valence-corrected chi connectivity index (χ2v) is 6.37. The van der Waals surface area contributed by atoms with E-state index in [0.717, 1.165) is 32.1 Å². The highest BCUT2D eigenvalue weighted by Gasteiger charge is 2.16. The van der Waals surface area contributed by atoms with Gasteiger partial charge < -0.3 is 27.3 Å². The molecule has 7 heteroatoms. The smallest absolute Gasteiger partial charge is 0.306 e. The molecule has 1 rings (SSSR count). The minimum Gasteiger partial charge on any atom is -0.461 e. The Kier molecular flexibility index (Phi) is 10.3. The number of hydrogen-bond donors (Lipinski definition) is 4. The summed E-state index contributed by atoms with van der Waals surface area (Å²) in [5, 5.41) is 2.79. The zero-order chi connectivity index (χ0) is 19.4. The lowest BCUT2D eigenvalue weighted by Gasteiger charge is -2.16. The molecule has 0 saturated carbocycles. The SMILES string of the molecule is CCCCCC(=O)OCc1c(N)cccc1NC(=O)C(N)CCCCN. The van der Waals surface area contributed by atoms with Crippen molar-refractivity contribution in [1.29, 1.82) is 0 Å². The van der Waals surface area contributed by atoms with Crippen LogP contribution in [-0.4, -0.2) is 24.5 Å². The van der Waals surface area contributed by atoms with Gasteiger partial charge in [-0.05, 0) is 37.9 Å². The molecule has 1 aromatic carbocycles. The maximum absolute atomic E-state index is 12.3. The van der Waals surface area contributed by atoms with Gasteiger partial charge in [0.05, 0.1) is 6.04 Å². The summed E-state index contributed by atoms with van der Waals surface area (Å²) in [6.07, 6.45) is 5.41. The van der Waals surface area contributed by atoms with Crippen molar-refractivity contribution in [2.75, 3.05) is 17.6 Å². The summed E-state index contributed by atoms with van der Waals surface area (Å²) < 4.78 is 5.30. The molecule has 0 aliphatic heterocycles. The Labute approximate surface area is 155 Å². The van der Waals surface area contributed by atoms with Gasteiger partial charge >= 0.3 is 5.97 Å². The third-order valence-corrected chi connectivity index (χ3v) is 4.14. The minimum atomic E-state index is -0.618. The maximum atomic E-state index is 12.3. The van der Waals surface area contributed by atoms with Crippen LogP contribution in [0.5, 0.6) is 0 Å². The highest BCUT2D eigenvalue weighted by atomic mass is 16.5. The standard InChI is InChI=1S/C19H32N4O3/c1-2-3-4-11-18(24)26-13-14-15(21)9-7-10-17(14)23-19(25)16(22)8-5-6-12-20/h7,9-10,16H,2-6,8,11-13,20-22H2,1H3,(H,23,25). The average Bonchev–Trinajstić information content (AvgIpc) is 2.61. The lowest BCUT2D eigenvalue weighted by atomic mass is 10.1. The van der Waals surface area contributed by atoms with E-state index in [0.29, 0.717) is 36.3 Å². The Hall–Kier alpha value is -2.12. The summed E-state index contributed by atoms with van der Waals surface area (Å²) in [6, 6.07) is 4.54. The lowest BCUT2D eigenvalue weighted by Crippen LogP contribution is -2.36. The molecule has 0 aromatic heterocycles. The van der Waals surface area contributed by atoms with Crippen LogP contribution in [0.15, 0.2) is 18.2 Å². The Morgan fingerprint density at radius 1 is 1.19 bits per heavy atom. The molecule has 146 valence electrons.